The number of hydrogen-bond donors (Lipinski definition) is 0. The summed E-state index contributed by atoms with van der Waals surface area (Å²) >= 11 is 0. The first-order chi connectivity index (χ1) is 14.5. The van der Waals surface area contributed by atoms with Crippen molar-refractivity contribution < 1.29 is 9.53 Å². The van der Waals surface area contributed by atoms with Gasteiger partial charge in [-0.15, -0.1) is 0 Å². The number of rotatable bonds is 5. The summed E-state index contributed by atoms with van der Waals surface area (Å²) in [5, 5.41) is 0. The number of likely N-dealkylation sites (tertiary alicyclic amines) is 1. The van der Waals surface area contributed by atoms with Gasteiger partial charge in [0.2, 0.25) is 5.91 Å². The highest BCUT2D eigenvalue weighted by atomic mass is 16.5. The van der Waals surface area contributed by atoms with Crippen molar-refractivity contribution in [1.29, 1.82) is 0 Å². The predicted octanol–water partition coefficient (Wildman–Crippen LogP) is 3.14. The Morgan fingerprint density at radius 3 is 2.87 bits per heavy atom. The topological polar surface area (TPSA) is 73.1 Å². The summed E-state index contributed by atoms with van der Waals surface area (Å²) in [5.41, 5.74) is 2.72. The third-order valence-corrected chi connectivity index (χ3v) is 5.63. The van der Waals surface area contributed by atoms with Crippen LogP contribution >= 0.6 is 0 Å². The molecule has 0 aliphatic carbocycles. The number of benzene rings is 1. The molecule has 0 N–H and O–H groups in total. The molecule has 30 heavy (non-hydrogen) atoms. The zero-order chi connectivity index (χ0) is 21.1. The molecule has 0 bridgehead atoms. The minimum atomic E-state index is 0.124. The Labute approximate surface area is 176 Å². The Hall–Kier alpha value is -3.22. The molecule has 1 fully saturated rings. The molecular formula is C23H27N5O2. The number of aryl methyl sites for hydroxylation is 2. The fraction of sp³-hybridized carbons (Fsp3) is 0.391. The number of methoxy groups -OCH3 is 1. The first kappa shape index (κ1) is 20.1. The molecule has 1 atom stereocenters. The number of aromatic nitrogens is 4. The molecule has 7 heteroatoms. The molecule has 0 radical (unpaired) electrons. The van der Waals surface area contributed by atoms with Crippen molar-refractivity contribution in [2.45, 2.75) is 32.1 Å². The molecule has 2 aromatic heterocycles. The Balaban J connectivity index is 1.52. The van der Waals surface area contributed by atoms with Crippen LogP contribution in [-0.4, -0.2) is 50.5 Å². The second-order valence-electron chi connectivity index (χ2n) is 7.75. The van der Waals surface area contributed by atoms with E-state index in [9.17, 15) is 4.79 Å². The lowest BCUT2D eigenvalue weighted by molar-refractivity contribution is -0.131. The van der Waals surface area contributed by atoms with Crippen LogP contribution in [0.3, 0.4) is 0 Å². The van der Waals surface area contributed by atoms with Crippen LogP contribution in [0.5, 0.6) is 5.75 Å². The molecule has 1 amide bonds. The second-order valence-corrected chi connectivity index (χ2v) is 7.75. The highest BCUT2D eigenvalue weighted by molar-refractivity contribution is 5.79. The monoisotopic (exact) mass is 405 g/mol. The van der Waals surface area contributed by atoms with Crippen molar-refractivity contribution in [1.82, 2.24) is 24.4 Å². The average molecular weight is 406 g/mol. The second kappa shape index (κ2) is 8.65. The lowest BCUT2D eigenvalue weighted by Crippen LogP contribution is -2.40. The minimum Gasteiger partial charge on any atom is -0.496 e. The maximum Gasteiger partial charge on any atom is 0.227 e. The van der Waals surface area contributed by atoms with Crippen LogP contribution < -0.4 is 4.74 Å². The van der Waals surface area contributed by atoms with Gasteiger partial charge in [-0.05, 0) is 31.9 Å². The fourth-order valence-corrected chi connectivity index (χ4v) is 4.10. The van der Waals surface area contributed by atoms with Crippen molar-refractivity contribution in [3.8, 4) is 17.3 Å². The summed E-state index contributed by atoms with van der Waals surface area (Å²) in [6.45, 7) is 3.36. The molecule has 1 aliphatic rings. The Kier molecular flexibility index (Phi) is 5.79. The van der Waals surface area contributed by atoms with E-state index in [2.05, 4.69) is 9.97 Å². The van der Waals surface area contributed by atoms with Gasteiger partial charge in [0, 0.05) is 49.7 Å². The third-order valence-electron chi connectivity index (χ3n) is 5.63. The lowest BCUT2D eigenvalue weighted by atomic mass is 9.93. The number of para-hydroxylation sites is 1. The molecule has 3 heterocycles. The Morgan fingerprint density at radius 1 is 1.27 bits per heavy atom. The molecule has 1 aliphatic heterocycles. The van der Waals surface area contributed by atoms with Gasteiger partial charge in [-0.1, -0.05) is 18.2 Å². The normalized spacial score (nSPS) is 16.5. The van der Waals surface area contributed by atoms with E-state index in [4.69, 9.17) is 9.72 Å². The molecular weight excluding hydrogens is 378 g/mol. The molecule has 1 aromatic carbocycles. The molecule has 0 spiro atoms. The molecule has 1 unspecified atom stereocenters. The van der Waals surface area contributed by atoms with Crippen LogP contribution in [0.15, 0.2) is 42.7 Å². The smallest absolute Gasteiger partial charge is 0.227 e. The largest absolute Gasteiger partial charge is 0.496 e. The van der Waals surface area contributed by atoms with E-state index in [0.29, 0.717) is 13.0 Å². The highest BCUT2D eigenvalue weighted by Crippen LogP contribution is 2.29. The van der Waals surface area contributed by atoms with E-state index in [1.807, 2.05) is 60.0 Å². The van der Waals surface area contributed by atoms with Crippen LogP contribution in [0.4, 0.5) is 0 Å². The quantitative estimate of drug-likeness (QED) is 0.652. The first-order valence-corrected chi connectivity index (χ1v) is 10.3. The van der Waals surface area contributed by atoms with Crippen LogP contribution in [0.1, 0.15) is 35.8 Å². The van der Waals surface area contributed by atoms with Gasteiger partial charge in [0.25, 0.3) is 0 Å². The van der Waals surface area contributed by atoms with E-state index in [1.165, 1.54) is 0 Å². The van der Waals surface area contributed by atoms with Crippen LogP contribution in [0.25, 0.3) is 11.5 Å². The minimum absolute atomic E-state index is 0.124. The number of nitrogens with zero attached hydrogens (tertiary/aromatic N) is 5. The van der Waals surface area contributed by atoms with Crippen molar-refractivity contribution in [2.24, 2.45) is 7.05 Å². The van der Waals surface area contributed by atoms with E-state index in [1.54, 1.807) is 13.3 Å². The van der Waals surface area contributed by atoms with E-state index >= 15 is 0 Å². The summed E-state index contributed by atoms with van der Waals surface area (Å²) in [4.78, 5) is 28.6. The third kappa shape index (κ3) is 4.20. The number of imidazole rings is 1. The Morgan fingerprint density at radius 2 is 2.10 bits per heavy atom. The number of carbonyl (C=O) groups excluding carboxylic acids is 1. The summed E-state index contributed by atoms with van der Waals surface area (Å²) in [6.07, 6.45) is 5.99. The van der Waals surface area contributed by atoms with Gasteiger partial charge >= 0.3 is 0 Å². The van der Waals surface area contributed by atoms with E-state index in [0.717, 1.165) is 53.7 Å². The van der Waals surface area contributed by atoms with Gasteiger partial charge in [-0.25, -0.2) is 15.0 Å². The first-order valence-electron chi connectivity index (χ1n) is 10.3. The number of hydrogen-bond acceptors (Lipinski definition) is 5. The molecule has 3 aromatic rings. The summed E-state index contributed by atoms with van der Waals surface area (Å²) in [6, 6.07) is 9.72. The summed E-state index contributed by atoms with van der Waals surface area (Å²) in [7, 11) is 3.59. The van der Waals surface area contributed by atoms with Gasteiger partial charge in [0.1, 0.15) is 17.3 Å². The van der Waals surface area contributed by atoms with Gasteiger partial charge in [0.15, 0.2) is 5.82 Å². The summed E-state index contributed by atoms with van der Waals surface area (Å²) in [5.74, 6) is 2.62. The molecule has 4 rings (SSSR count). The van der Waals surface area contributed by atoms with Crippen LogP contribution in [0, 0.1) is 6.92 Å². The molecule has 7 nitrogen and oxygen atoms in total. The van der Waals surface area contributed by atoms with Gasteiger partial charge < -0.3 is 14.2 Å². The maximum atomic E-state index is 13.0. The lowest BCUT2D eigenvalue weighted by Gasteiger charge is -2.33. The Bertz CT molecular complexity index is 1050. The SMILES string of the molecule is COc1ccccc1CC(=O)N1CCCC(c2cc(-c3nccn3C)nc(C)n2)C1. The van der Waals surface area contributed by atoms with Gasteiger partial charge in [-0.3, -0.25) is 4.79 Å². The van der Waals surface area contributed by atoms with Crippen molar-refractivity contribution in [3.63, 3.8) is 0 Å². The number of piperidine rings is 1. The number of ether oxygens (including phenoxy) is 1. The fourth-order valence-electron chi connectivity index (χ4n) is 4.10. The molecule has 156 valence electrons. The summed E-state index contributed by atoms with van der Waals surface area (Å²) < 4.78 is 7.35. The van der Waals surface area contributed by atoms with E-state index in [-0.39, 0.29) is 11.8 Å². The zero-order valence-electron chi connectivity index (χ0n) is 17.7. The van der Waals surface area contributed by atoms with Gasteiger partial charge in [-0.2, -0.15) is 0 Å². The standard InChI is InChI=1S/C23H27N5O2/c1-16-25-19(14-20(26-16)23-24-10-12-27(23)2)18-8-6-11-28(15-18)22(29)13-17-7-4-5-9-21(17)30-3/h4-5,7,9-10,12,14,18H,6,8,11,13,15H2,1-3H3. The zero-order valence-corrected chi connectivity index (χ0v) is 17.7. The van der Waals surface area contributed by atoms with Crippen molar-refractivity contribution >= 4 is 5.91 Å². The predicted molar refractivity (Wildman–Crippen MR) is 114 cm³/mol. The van der Waals surface area contributed by atoms with Gasteiger partial charge in [0.05, 0.1) is 13.5 Å². The average Bonchev–Trinajstić information content (AvgIpc) is 3.19. The molecule has 0 saturated carbocycles. The highest BCUT2D eigenvalue weighted by Gasteiger charge is 2.27. The molecule has 1 saturated heterocycles. The van der Waals surface area contributed by atoms with Crippen molar-refractivity contribution in [3.05, 3.63) is 59.8 Å². The van der Waals surface area contributed by atoms with Crippen molar-refractivity contribution in [2.75, 3.05) is 20.2 Å². The van der Waals surface area contributed by atoms with Crippen LogP contribution in [0.2, 0.25) is 0 Å². The number of amides is 1. The van der Waals surface area contributed by atoms with Crippen LogP contribution in [-0.2, 0) is 18.3 Å². The number of carbonyl (C=O) groups is 1. The maximum absolute atomic E-state index is 13.0. The van der Waals surface area contributed by atoms with E-state index < -0.39 is 0 Å².